The maximum Gasteiger partial charge on any atom is 0.307 e. The van der Waals surface area contributed by atoms with Crippen LogP contribution in [0, 0.1) is 0 Å². The Morgan fingerprint density at radius 1 is 0.929 bits per heavy atom. The molecule has 0 aliphatic rings. The van der Waals surface area contributed by atoms with Crippen LogP contribution in [-0.2, 0) is 16.1 Å². The predicted octanol–water partition coefficient (Wildman–Crippen LogP) is 4.89. The average molecular weight is 375 g/mol. The van der Waals surface area contributed by atoms with Crippen molar-refractivity contribution in [1.82, 2.24) is 0 Å². The molecule has 28 heavy (non-hydrogen) atoms. The highest BCUT2D eigenvalue weighted by molar-refractivity contribution is 5.70. The number of rotatable bonds is 8. The minimum atomic E-state index is -0.367. The van der Waals surface area contributed by atoms with E-state index in [4.69, 9.17) is 15.2 Å². The first kappa shape index (κ1) is 19.6. The summed E-state index contributed by atoms with van der Waals surface area (Å²) < 4.78 is 10.9. The zero-order valence-corrected chi connectivity index (χ0v) is 16.0. The molecule has 0 spiro atoms. The Balaban J connectivity index is 1.65. The van der Waals surface area contributed by atoms with E-state index in [1.807, 2.05) is 78.9 Å². The molecule has 2 N–H and O–H groups in total. The summed E-state index contributed by atoms with van der Waals surface area (Å²) in [5, 5.41) is 0. The van der Waals surface area contributed by atoms with Gasteiger partial charge in [0.05, 0.1) is 13.0 Å². The van der Waals surface area contributed by atoms with Crippen LogP contribution in [-0.4, -0.2) is 12.6 Å². The first-order valence-electron chi connectivity index (χ1n) is 9.44. The summed E-state index contributed by atoms with van der Waals surface area (Å²) in [4.78, 5) is 11.6. The summed E-state index contributed by atoms with van der Waals surface area (Å²) in [7, 11) is 0. The third-order valence-corrected chi connectivity index (χ3v) is 4.45. The van der Waals surface area contributed by atoms with E-state index in [0.717, 1.165) is 28.0 Å². The standard InChI is InChI=1S/C24H25NO3/c1-2-27-24(26)16-23(25)20-13-11-19(12-14-20)21-9-6-10-22(15-21)28-17-18-7-4-3-5-8-18/h3-15,23H,2,16-17,25H2,1H3. The number of carbonyl (C=O) groups is 1. The van der Waals surface area contributed by atoms with E-state index >= 15 is 0 Å². The fraction of sp³-hybridized carbons (Fsp3) is 0.208. The third kappa shape index (κ3) is 5.44. The molecular weight excluding hydrogens is 350 g/mol. The lowest BCUT2D eigenvalue weighted by molar-refractivity contribution is -0.143. The summed E-state index contributed by atoms with van der Waals surface area (Å²) in [6.45, 7) is 2.69. The molecule has 3 rings (SSSR count). The topological polar surface area (TPSA) is 61.5 Å². The van der Waals surface area contributed by atoms with Gasteiger partial charge in [-0.1, -0.05) is 66.7 Å². The molecule has 0 fully saturated rings. The second kappa shape index (κ2) is 9.72. The van der Waals surface area contributed by atoms with Gasteiger partial charge in [-0.25, -0.2) is 0 Å². The van der Waals surface area contributed by atoms with E-state index in [1.54, 1.807) is 6.92 Å². The normalized spacial score (nSPS) is 11.6. The minimum absolute atomic E-state index is 0.177. The van der Waals surface area contributed by atoms with Crippen molar-refractivity contribution in [3.8, 4) is 16.9 Å². The van der Waals surface area contributed by atoms with E-state index in [0.29, 0.717) is 13.2 Å². The van der Waals surface area contributed by atoms with Gasteiger partial charge >= 0.3 is 5.97 Å². The molecule has 0 saturated carbocycles. The summed E-state index contributed by atoms with van der Waals surface area (Å²) in [6.07, 6.45) is 0.177. The number of benzene rings is 3. The number of carbonyl (C=O) groups excluding carboxylic acids is 1. The summed E-state index contributed by atoms with van der Waals surface area (Å²) in [5.74, 6) is 0.548. The molecule has 0 aliphatic carbocycles. The number of esters is 1. The molecule has 4 nitrogen and oxygen atoms in total. The maximum absolute atomic E-state index is 11.6. The predicted molar refractivity (Wildman–Crippen MR) is 111 cm³/mol. The molecule has 0 heterocycles. The van der Waals surface area contributed by atoms with Gasteiger partial charge < -0.3 is 15.2 Å². The molecule has 0 saturated heterocycles. The van der Waals surface area contributed by atoms with Crippen molar-refractivity contribution in [2.24, 2.45) is 5.73 Å². The molecule has 4 heteroatoms. The van der Waals surface area contributed by atoms with E-state index in [-0.39, 0.29) is 18.4 Å². The molecule has 144 valence electrons. The Hall–Kier alpha value is -3.11. The van der Waals surface area contributed by atoms with Crippen LogP contribution in [0.25, 0.3) is 11.1 Å². The first-order valence-corrected chi connectivity index (χ1v) is 9.44. The van der Waals surface area contributed by atoms with Crippen molar-refractivity contribution in [3.63, 3.8) is 0 Å². The largest absolute Gasteiger partial charge is 0.489 e. The summed E-state index contributed by atoms with van der Waals surface area (Å²) in [6, 6.07) is 25.7. The van der Waals surface area contributed by atoms with Gasteiger partial charge in [0.1, 0.15) is 12.4 Å². The monoisotopic (exact) mass is 375 g/mol. The van der Waals surface area contributed by atoms with Crippen LogP contribution in [0.15, 0.2) is 78.9 Å². The minimum Gasteiger partial charge on any atom is -0.489 e. The Morgan fingerprint density at radius 3 is 2.39 bits per heavy atom. The van der Waals surface area contributed by atoms with Crippen LogP contribution < -0.4 is 10.5 Å². The lowest BCUT2D eigenvalue weighted by atomic mass is 9.99. The van der Waals surface area contributed by atoms with Crippen LogP contribution in [0.2, 0.25) is 0 Å². The maximum atomic E-state index is 11.6. The van der Waals surface area contributed by atoms with E-state index in [9.17, 15) is 4.79 Å². The van der Waals surface area contributed by atoms with Gasteiger partial charge in [-0.3, -0.25) is 4.79 Å². The van der Waals surface area contributed by atoms with Gasteiger partial charge in [-0.2, -0.15) is 0 Å². The lowest BCUT2D eigenvalue weighted by Gasteiger charge is -2.12. The van der Waals surface area contributed by atoms with Crippen molar-refractivity contribution in [2.75, 3.05) is 6.61 Å². The van der Waals surface area contributed by atoms with Gasteiger partial charge in [0.25, 0.3) is 0 Å². The molecule has 0 aromatic heterocycles. The molecule has 3 aromatic carbocycles. The lowest BCUT2D eigenvalue weighted by Crippen LogP contribution is -2.17. The molecule has 0 radical (unpaired) electrons. The Morgan fingerprint density at radius 2 is 1.68 bits per heavy atom. The summed E-state index contributed by atoms with van der Waals surface area (Å²) >= 11 is 0. The Labute approximate surface area is 165 Å². The van der Waals surface area contributed by atoms with E-state index in [1.165, 1.54) is 0 Å². The van der Waals surface area contributed by atoms with Crippen LogP contribution >= 0.6 is 0 Å². The number of ether oxygens (including phenoxy) is 2. The van der Waals surface area contributed by atoms with Crippen LogP contribution in [0.1, 0.15) is 30.5 Å². The van der Waals surface area contributed by atoms with Gasteiger partial charge in [0, 0.05) is 6.04 Å². The van der Waals surface area contributed by atoms with Gasteiger partial charge in [-0.05, 0) is 41.3 Å². The smallest absolute Gasteiger partial charge is 0.307 e. The third-order valence-electron chi connectivity index (χ3n) is 4.45. The fourth-order valence-corrected chi connectivity index (χ4v) is 2.95. The van der Waals surface area contributed by atoms with Crippen LogP contribution in [0.5, 0.6) is 5.75 Å². The molecule has 1 unspecified atom stereocenters. The summed E-state index contributed by atoms with van der Waals surface area (Å²) in [5.41, 5.74) is 10.3. The quantitative estimate of drug-likeness (QED) is 0.570. The highest BCUT2D eigenvalue weighted by Gasteiger charge is 2.12. The highest BCUT2D eigenvalue weighted by Crippen LogP contribution is 2.26. The van der Waals surface area contributed by atoms with E-state index < -0.39 is 0 Å². The van der Waals surface area contributed by atoms with Gasteiger partial charge in [-0.15, -0.1) is 0 Å². The van der Waals surface area contributed by atoms with Crippen LogP contribution in [0.4, 0.5) is 0 Å². The van der Waals surface area contributed by atoms with Crippen molar-refractivity contribution in [1.29, 1.82) is 0 Å². The van der Waals surface area contributed by atoms with Crippen molar-refractivity contribution in [2.45, 2.75) is 26.0 Å². The van der Waals surface area contributed by atoms with Crippen molar-refractivity contribution < 1.29 is 14.3 Å². The molecule has 0 amide bonds. The number of hydrogen-bond acceptors (Lipinski definition) is 4. The zero-order chi connectivity index (χ0) is 19.8. The Kier molecular flexibility index (Phi) is 6.82. The molecule has 3 aromatic rings. The van der Waals surface area contributed by atoms with Gasteiger partial charge in [0.2, 0.25) is 0 Å². The van der Waals surface area contributed by atoms with Crippen molar-refractivity contribution in [3.05, 3.63) is 90.0 Å². The number of nitrogens with two attached hydrogens (primary N) is 1. The number of hydrogen-bond donors (Lipinski definition) is 1. The molecular formula is C24H25NO3. The average Bonchev–Trinajstić information content (AvgIpc) is 2.73. The molecule has 0 aliphatic heterocycles. The second-order valence-corrected chi connectivity index (χ2v) is 6.54. The second-order valence-electron chi connectivity index (χ2n) is 6.54. The molecule has 0 bridgehead atoms. The Bertz CT molecular complexity index is 891. The van der Waals surface area contributed by atoms with Crippen molar-refractivity contribution >= 4 is 5.97 Å². The molecule has 1 atom stereocenters. The van der Waals surface area contributed by atoms with Crippen LogP contribution in [0.3, 0.4) is 0 Å². The highest BCUT2D eigenvalue weighted by atomic mass is 16.5. The fourth-order valence-electron chi connectivity index (χ4n) is 2.95. The first-order chi connectivity index (χ1) is 13.7. The zero-order valence-electron chi connectivity index (χ0n) is 16.0. The van der Waals surface area contributed by atoms with E-state index in [2.05, 4.69) is 0 Å². The van der Waals surface area contributed by atoms with Gasteiger partial charge in [0.15, 0.2) is 0 Å². The SMILES string of the molecule is CCOC(=O)CC(N)c1ccc(-c2cccc(OCc3ccccc3)c2)cc1.